The van der Waals surface area contributed by atoms with Crippen LogP contribution in [0.25, 0.3) is 11.1 Å². The lowest BCUT2D eigenvalue weighted by molar-refractivity contribution is 0.0443. The van der Waals surface area contributed by atoms with Crippen LogP contribution in [0.2, 0.25) is 0 Å². The molecule has 0 saturated carbocycles. The van der Waals surface area contributed by atoms with Gasteiger partial charge in [0.1, 0.15) is 4.90 Å². The Morgan fingerprint density at radius 3 is 2.24 bits per heavy atom. The summed E-state index contributed by atoms with van der Waals surface area (Å²) in [6, 6.07) is 10.1. The largest absolute Gasteiger partial charge is 0.386 e. The smallest absolute Gasteiger partial charge is 0.346 e. The van der Waals surface area contributed by atoms with E-state index in [2.05, 4.69) is 4.74 Å². The minimum Gasteiger partial charge on any atom is -0.386 e. The lowest BCUT2D eigenvalue weighted by Gasteiger charge is -2.07. The third-order valence-corrected chi connectivity index (χ3v) is 4.03. The Kier molecular flexibility index (Phi) is 2.89. The number of esters is 2. The van der Waals surface area contributed by atoms with Crippen molar-refractivity contribution in [2.45, 2.75) is 4.90 Å². The van der Waals surface area contributed by atoms with Crippen LogP contribution in [0.3, 0.4) is 0 Å². The molecule has 3 rings (SSSR count). The van der Waals surface area contributed by atoms with Gasteiger partial charge in [-0.2, -0.15) is 8.42 Å². The fraction of sp³-hybridized carbons (Fsp3) is 0. The summed E-state index contributed by atoms with van der Waals surface area (Å²) in [7, 11) is -4.40. The van der Waals surface area contributed by atoms with Gasteiger partial charge in [0.25, 0.3) is 10.1 Å². The predicted molar refractivity (Wildman–Crippen MR) is 71.4 cm³/mol. The molecule has 0 unspecified atom stereocenters. The third kappa shape index (κ3) is 2.22. The highest BCUT2D eigenvalue weighted by molar-refractivity contribution is 7.86. The van der Waals surface area contributed by atoms with Crippen LogP contribution < -0.4 is 0 Å². The molecule has 0 spiro atoms. The second kappa shape index (κ2) is 4.51. The van der Waals surface area contributed by atoms with Crippen molar-refractivity contribution in [3.8, 4) is 11.1 Å². The van der Waals surface area contributed by atoms with Gasteiger partial charge in [0.15, 0.2) is 0 Å². The van der Waals surface area contributed by atoms with Gasteiger partial charge in [-0.15, -0.1) is 0 Å². The standard InChI is InChI=1S/C14H8O6S/c15-13-10-6-5-8(7-11(10)14(16)20-13)9-3-1-2-4-12(9)21(17,18)19/h1-7H,(H,17,18,19). The number of ether oxygens (including phenoxy) is 1. The van der Waals surface area contributed by atoms with Crippen LogP contribution in [0, 0.1) is 0 Å². The Labute approximate surface area is 119 Å². The van der Waals surface area contributed by atoms with Crippen LogP contribution in [-0.2, 0) is 14.9 Å². The Morgan fingerprint density at radius 2 is 1.52 bits per heavy atom. The number of benzene rings is 2. The number of carbonyl (C=O) groups excluding carboxylic acids is 2. The Balaban J connectivity index is 2.23. The summed E-state index contributed by atoms with van der Waals surface area (Å²) in [5, 5.41) is 0. The molecule has 1 N–H and O–H groups in total. The molecule has 0 aliphatic carbocycles. The van der Waals surface area contributed by atoms with Gasteiger partial charge in [-0.3, -0.25) is 4.55 Å². The first kappa shape index (κ1) is 13.5. The summed E-state index contributed by atoms with van der Waals surface area (Å²) in [6.45, 7) is 0. The van der Waals surface area contributed by atoms with E-state index in [-0.39, 0.29) is 21.6 Å². The molecule has 6 nitrogen and oxygen atoms in total. The molecule has 106 valence electrons. The molecule has 1 heterocycles. The number of cyclic esters (lactones) is 2. The molecule has 0 fully saturated rings. The van der Waals surface area contributed by atoms with E-state index in [1.165, 1.54) is 36.4 Å². The van der Waals surface area contributed by atoms with Gasteiger partial charge in [0.2, 0.25) is 0 Å². The molecule has 0 atom stereocenters. The summed E-state index contributed by atoms with van der Waals surface area (Å²) in [4.78, 5) is 22.6. The minimum absolute atomic E-state index is 0.0719. The van der Waals surface area contributed by atoms with E-state index in [1.807, 2.05) is 0 Å². The molecule has 1 aliphatic rings. The van der Waals surface area contributed by atoms with Crippen LogP contribution in [0.1, 0.15) is 20.7 Å². The maximum atomic E-state index is 11.5. The van der Waals surface area contributed by atoms with Crippen LogP contribution in [0.15, 0.2) is 47.4 Å². The normalized spacial score (nSPS) is 14.0. The van der Waals surface area contributed by atoms with E-state index < -0.39 is 22.1 Å². The Morgan fingerprint density at radius 1 is 0.857 bits per heavy atom. The molecule has 2 aromatic carbocycles. The van der Waals surface area contributed by atoms with Gasteiger partial charge < -0.3 is 4.74 Å². The molecule has 1 aliphatic heterocycles. The SMILES string of the molecule is O=C1OC(=O)c2cc(-c3ccccc3S(=O)(=O)O)ccc21. The van der Waals surface area contributed by atoms with Gasteiger partial charge in [-0.05, 0) is 23.8 Å². The monoisotopic (exact) mass is 304 g/mol. The number of hydrogen-bond donors (Lipinski definition) is 1. The Bertz CT molecular complexity index is 882. The quantitative estimate of drug-likeness (QED) is 0.517. The van der Waals surface area contributed by atoms with Crippen LogP contribution >= 0.6 is 0 Å². The summed E-state index contributed by atoms with van der Waals surface area (Å²) in [6.07, 6.45) is 0. The van der Waals surface area contributed by atoms with Gasteiger partial charge in [-0.25, -0.2) is 9.59 Å². The van der Waals surface area contributed by atoms with E-state index in [1.54, 1.807) is 6.07 Å². The molecule has 0 aromatic heterocycles. The van der Waals surface area contributed by atoms with Gasteiger partial charge in [-0.1, -0.05) is 24.3 Å². The third-order valence-electron chi connectivity index (χ3n) is 3.12. The summed E-state index contributed by atoms with van der Waals surface area (Å²) in [5.41, 5.74) is 0.819. The summed E-state index contributed by atoms with van der Waals surface area (Å²) < 4.78 is 36.5. The maximum Gasteiger partial charge on any atom is 0.346 e. The fourth-order valence-corrected chi connectivity index (χ4v) is 2.90. The molecule has 2 aromatic rings. The zero-order valence-electron chi connectivity index (χ0n) is 10.4. The molecule has 21 heavy (non-hydrogen) atoms. The van der Waals surface area contributed by atoms with Crippen LogP contribution in [0.5, 0.6) is 0 Å². The van der Waals surface area contributed by atoms with Crippen molar-refractivity contribution >= 4 is 22.1 Å². The number of fused-ring (bicyclic) bond motifs is 1. The molecular formula is C14H8O6S. The maximum absolute atomic E-state index is 11.5. The van der Waals surface area contributed by atoms with E-state index in [0.717, 1.165) is 0 Å². The van der Waals surface area contributed by atoms with Crippen molar-refractivity contribution < 1.29 is 27.3 Å². The van der Waals surface area contributed by atoms with Crippen molar-refractivity contribution in [2.75, 3.05) is 0 Å². The topological polar surface area (TPSA) is 97.7 Å². The van der Waals surface area contributed by atoms with E-state index >= 15 is 0 Å². The van der Waals surface area contributed by atoms with Crippen molar-refractivity contribution in [1.82, 2.24) is 0 Å². The van der Waals surface area contributed by atoms with Crippen molar-refractivity contribution in [3.63, 3.8) is 0 Å². The molecular weight excluding hydrogens is 296 g/mol. The zero-order chi connectivity index (χ0) is 15.2. The Hall–Kier alpha value is -2.51. The average molecular weight is 304 g/mol. The highest BCUT2D eigenvalue weighted by Gasteiger charge is 2.30. The highest BCUT2D eigenvalue weighted by Crippen LogP contribution is 2.31. The van der Waals surface area contributed by atoms with E-state index in [9.17, 15) is 22.6 Å². The lowest BCUT2D eigenvalue weighted by Crippen LogP contribution is -2.01. The first-order valence-electron chi connectivity index (χ1n) is 5.85. The van der Waals surface area contributed by atoms with Gasteiger partial charge in [0.05, 0.1) is 11.1 Å². The average Bonchev–Trinajstić information content (AvgIpc) is 2.73. The summed E-state index contributed by atoms with van der Waals surface area (Å²) in [5.74, 6) is -1.51. The second-order valence-corrected chi connectivity index (χ2v) is 5.80. The van der Waals surface area contributed by atoms with Crippen LogP contribution in [-0.4, -0.2) is 24.9 Å². The molecule has 0 radical (unpaired) electrons. The van der Waals surface area contributed by atoms with E-state index in [0.29, 0.717) is 5.56 Å². The second-order valence-electron chi connectivity index (χ2n) is 4.41. The van der Waals surface area contributed by atoms with Crippen molar-refractivity contribution in [3.05, 3.63) is 53.6 Å². The van der Waals surface area contributed by atoms with Crippen molar-refractivity contribution in [1.29, 1.82) is 0 Å². The van der Waals surface area contributed by atoms with Gasteiger partial charge in [0, 0.05) is 5.56 Å². The number of carbonyl (C=O) groups is 2. The first-order chi connectivity index (χ1) is 9.88. The minimum atomic E-state index is -4.40. The van der Waals surface area contributed by atoms with Gasteiger partial charge >= 0.3 is 11.9 Å². The number of rotatable bonds is 2. The van der Waals surface area contributed by atoms with Crippen molar-refractivity contribution in [2.24, 2.45) is 0 Å². The number of hydrogen-bond acceptors (Lipinski definition) is 5. The van der Waals surface area contributed by atoms with E-state index in [4.69, 9.17) is 0 Å². The summed E-state index contributed by atoms with van der Waals surface area (Å²) >= 11 is 0. The highest BCUT2D eigenvalue weighted by atomic mass is 32.2. The molecule has 7 heteroatoms. The molecule has 0 bridgehead atoms. The zero-order valence-corrected chi connectivity index (χ0v) is 11.3. The molecule has 0 amide bonds. The fourth-order valence-electron chi connectivity index (χ4n) is 2.18. The lowest BCUT2D eigenvalue weighted by atomic mass is 10.0. The van der Waals surface area contributed by atoms with Crippen LogP contribution in [0.4, 0.5) is 0 Å². The first-order valence-corrected chi connectivity index (χ1v) is 7.29. The predicted octanol–water partition coefficient (Wildman–Crippen LogP) is 1.91. The molecule has 0 saturated heterocycles.